The number of rotatable bonds is 5. The second-order valence-electron chi connectivity index (χ2n) is 3.58. The van der Waals surface area contributed by atoms with Crippen molar-refractivity contribution in [1.29, 1.82) is 0 Å². The van der Waals surface area contributed by atoms with E-state index in [1.54, 1.807) is 6.92 Å². The number of aromatic nitrogens is 1. The number of aryl methyl sites for hydroxylation is 1. The number of nitro groups is 1. The number of aliphatic hydroxyl groups excluding tert-OH is 1. The Kier molecular flexibility index (Phi) is 4.22. The van der Waals surface area contributed by atoms with Crippen molar-refractivity contribution in [3.63, 3.8) is 0 Å². The Hall–Kier alpha value is -1.89. The van der Waals surface area contributed by atoms with Gasteiger partial charge in [0.25, 0.3) is 11.6 Å². The molecule has 7 nitrogen and oxygen atoms in total. The van der Waals surface area contributed by atoms with E-state index in [4.69, 9.17) is 5.11 Å². The van der Waals surface area contributed by atoms with Gasteiger partial charge in [0.1, 0.15) is 5.69 Å². The molecule has 0 aromatic carbocycles. The summed E-state index contributed by atoms with van der Waals surface area (Å²) >= 11 is 0. The molecule has 0 saturated carbocycles. The van der Waals surface area contributed by atoms with Gasteiger partial charge < -0.3 is 14.6 Å². The van der Waals surface area contributed by atoms with E-state index in [1.807, 2.05) is 0 Å². The van der Waals surface area contributed by atoms with Gasteiger partial charge in [0.15, 0.2) is 0 Å². The van der Waals surface area contributed by atoms with E-state index in [0.29, 0.717) is 6.54 Å². The van der Waals surface area contributed by atoms with Crippen molar-refractivity contribution in [1.82, 2.24) is 9.47 Å². The largest absolute Gasteiger partial charge is 0.395 e. The number of carbonyl (C=O) groups excluding carboxylic acids is 1. The number of hydrogen-bond donors (Lipinski definition) is 1. The minimum absolute atomic E-state index is 0.104. The third kappa shape index (κ3) is 2.82. The van der Waals surface area contributed by atoms with Crippen molar-refractivity contribution in [2.24, 2.45) is 0 Å². The highest BCUT2D eigenvalue weighted by Crippen LogP contribution is 2.17. The molecule has 0 unspecified atom stereocenters. The summed E-state index contributed by atoms with van der Waals surface area (Å²) < 4.78 is 1.52. The van der Waals surface area contributed by atoms with Crippen molar-refractivity contribution in [2.75, 3.05) is 20.2 Å². The summed E-state index contributed by atoms with van der Waals surface area (Å²) in [5, 5.41) is 19.4. The fourth-order valence-corrected chi connectivity index (χ4v) is 1.48. The molecule has 1 amide bonds. The number of hydrogen-bond acceptors (Lipinski definition) is 4. The van der Waals surface area contributed by atoms with Gasteiger partial charge in [-0.1, -0.05) is 0 Å². The molecule has 17 heavy (non-hydrogen) atoms. The van der Waals surface area contributed by atoms with Crippen LogP contribution < -0.4 is 0 Å². The molecule has 0 aliphatic heterocycles. The SMILES string of the molecule is CCn1cc([N+](=O)[O-])cc1C(=O)N(C)CCO. The van der Waals surface area contributed by atoms with Crippen LogP contribution in [-0.2, 0) is 6.54 Å². The Morgan fingerprint density at radius 3 is 2.76 bits per heavy atom. The first-order valence-corrected chi connectivity index (χ1v) is 5.22. The fourth-order valence-electron chi connectivity index (χ4n) is 1.48. The summed E-state index contributed by atoms with van der Waals surface area (Å²) in [7, 11) is 1.54. The van der Waals surface area contributed by atoms with Gasteiger partial charge in [-0.15, -0.1) is 0 Å². The molecule has 0 spiro atoms. The zero-order valence-corrected chi connectivity index (χ0v) is 9.79. The minimum Gasteiger partial charge on any atom is -0.395 e. The summed E-state index contributed by atoms with van der Waals surface area (Å²) in [6, 6.07) is 1.25. The molecular weight excluding hydrogens is 226 g/mol. The molecule has 0 aliphatic rings. The van der Waals surface area contributed by atoms with Crippen LogP contribution in [0.4, 0.5) is 5.69 Å². The van der Waals surface area contributed by atoms with Crippen LogP contribution in [0.1, 0.15) is 17.4 Å². The Balaban J connectivity index is 3.03. The maximum atomic E-state index is 11.9. The lowest BCUT2D eigenvalue weighted by molar-refractivity contribution is -0.384. The second kappa shape index (κ2) is 5.44. The van der Waals surface area contributed by atoms with Crippen LogP contribution in [0.25, 0.3) is 0 Å². The number of likely N-dealkylation sites (N-methyl/N-ethyl adjacent to an activating group) is 1. The van der Waals surface area contributed by atoms with Crippen molar-refractivity contribution in [3.05, 3.63) is 28.1 Å². The van der Waals surface area contributed by atoms with Crippen LogP contribution in [0.2, 0.25) is 0 Å². The van der Waals surface area contributed by atoms with Crippen molar-refractivity contribution >= 4 is 11.6 Å². The normalized spacial score (nSPS) is 10.3. The van der Waals surface area contributed by atoms with E-state index < -0.39 is 4.92 Å². The first-order chi connectivity index (χ1) is 8.01. The second-order valence-corrected chi connectivity index (χ2v) is 3.58. The summed E-state index contributed by atoms with van der Waals surface area (Å²) in [5.74, 6) is -0.339. The highest BCUT2D eigenvalue weighted by Gasteiger charge is 2.20. The minimum atomic E-state index is -0.533. The molecule has 1 aromatic heterocycles. The smallest absolute Gasteiger partial charge is 0.287 e. The molecule has 94 valence electrons. The van der Waals surface area contributed by atoms with Crippen LogP contribution in [0.15, 0.2) is 12.3 Å². The molecule has 0 atom stereocenters. The lowest BCUT2D eigenvalue weighted by Crippen LogP contribution is -2.31. The van der Waals surface area contributed by atoms with E-state index in [1.165, 1.54) is 28.8 Å². The van der Waals surface area contributed by atoms with Crippen LogP contribution in [0, 0.1) is 10.1 Å². The molecule has 7 heteroatoms. The van der Waals surface area contributed by atoms with E-state index in [9.17, 15) is 14.9 Å². The van der Waals surface area contributed by atoms with E-state index in [0.717, 1.165) is 0 Å². The van der Waals surface area contributed by atoms with Crippen molar-refractivity contribution in [3.8, 4) is 0 Å². The molecule has 1 N–H and O–H groups in total. The van der Waals surface area contributed by atoms with Gasteiger partial charge in [0.05, 0.1) is 17.7 Å². The number of nitrogens with zero attached hydrogens (tertiary/aromatic N) is 3. The first-order valence-electron chi connectivity index (χ1n) is 5.22. The van der Waals surface area contributed by atoms with Gasteiger partial charge in [0, 0.05) is 26.2 Å². The van der Waals surface area contributed by atoms with E-state index in [2.05, 4.69) is 0 Å². The first kappa shape index (κ1) is 13.2. The van der Waals surface area contributed by atoms with Crippen molar-refractivity contribution in [2.45, 2.75) is 13.5 Å². The van der Waals surface area contributed by atoms with Gasteiger partial charge >= 0.3 is 0 Å². The van der Waals surface area contributed by atoms with Crippen molar-refractivity contribution < 1.29 is 14.8 Å². The molecule has 1 heterocycles. The zero-order valence-electron chi connectivity index (χ0n) is 9.79. The molecule has 1 rings (SSSR count). The lowest BCUT2D eigenvalue weighted by atomic mass is 10.3. The highest BCUT2D eigenvalue weighted by atomic mass is 16.6. The molecule has 1 aromatic rings. The van der Waals surface area contributed by atoms with Crippen LogP contribution in [0.3, 0.4) is 0 Å². The molecule has 0 radical (unpaired) electrons. The number of aliphatic hydroxyl groups is 1. The fraction of sp³-hybridized carbons (Fsp3) is 0.500. The standard InChI is InChI=1S/C10H15N3O4/c1-3-12-7-8(13(16)17)6-9(12)10(15)11(2)4-5-14/h6-7,14H,3-5H2,1-2H3. The van der Waals surface area contributed by atoms with Gasteiger partial charge in [-0.3, -0.25) is 14.9 Å². The van der Waals surface area contributed by atoms with E-state index >= 15 is 0 Å². The van der Waals surface area contributed by atoms with Crippen LogP contribution in [0.5, 0.6) is 0 Å². The topological polar surface area (TPSA) is 88.6 Å². The van der Waals surface area contributed by atoms with Crippen LogP contribution in [-0.4, -0.2) is 45.6 Å². The van der Waals surface area contributed by atoms with E-state index in [-0.39, 0.29) is 30.4 Å². The Bertz CT molecular complexity index is 427. The Morgan fingerprint density at radius 1 is 1.65 bits per heavy atom. The summed E-state index contributed by atoms with van der Waals surface area (Å²) in [4.78, 5) is 23.3. The summed E-state index contributed by atoms with van der Waals surface area (Å²) in [6.07, 6.45) is 1.33. The summed E-state index contributed by atoms with van der Waals surface area (Å²) in [5.41, 5.74) is 0.155. The average molecular weight is 241 g/mol. The third-order valence-electron chi connectivity index (χ3n) is 2.43. The van der Waals surface area contributed by atoms with Gasteiger partial charge in [0.2, 0.25) is 0 Å². The predicted molar refractivity (Wildman–Crippen MR) is 60.8 cm³/mol. The highest BCUT2D eigenvalue weighted by molar-refractivity contribution is 5.93. The molecule has 0 saturated heterocycles. The molecular formula is C10H15N3O4. The number of amides is 1. The van der Waals surface area contributed by atoms with Gasteiger partial charge in [-0.05, 0) is 6.92 Å². The molecule has 0 fully saturated rings. The summed E-state index contributed by atoms with van der Waals surface area (Å²) in [6.45, 7) is 2.33. The Morgan fingerprint density at radius 2 is 2.29 bits per heavy atom. The van der Waals surface area contributed by atoms with Gasteiger partial charge in [-0.25, -0.2) is 0 Å². The number of carbonyl (C=O) groups is 1. The predicted octanol–water partition coefficient (Wildman–Crippen LogP) is 0.480. The average Bonchev–Trinajstić information content (AvgIpc) is 2.72. The quantitative estimate of drug-likeness (QED) is 0.599. The maximum Gasteiger partial charge on any atom is 0.287 e. The zero-order chi connectivity index (χ0) is 13.0. The third-order valence-corrected chi connectivity index (χ3v) is 2.43. The molecule has 0 aliphatic carbocycles. The molecule has 0 bridgehead atoms. The van der Waals surface area contributed by atoms with Gasteiger partial charge in [-0.2, -0.15) is 0 Å². The van der Waals surface area contributed by atoms with Crippen LogP contribution >= 0.6 is 0 Å². The Labute approximate surface area is 98.4 Å². The maximum absolute atomic E-state index is 11.9. The lowest BCUT2D eigenvalue weighted by Gasteiger charge is -2.16. The monoisotopic (exact) mass is 241 g/mol.